The molecule has 2 amide bonds. The van der Waals surface area contributed by atoms with E-state index < -0.39 is 0 Å². The summed E-state index contributed by atoms with van der Waals surface area (Å²) in [4.78, 5) is 21.5. The van der Waals surface area contributed by atoms with Crippen LogP contribution in [0.2, 0.25) is 15.2 Å². The molecule has 1 N–H and O–H groups in total. The van der Waals surface area contributed by atoms with Crippen molar-refractivity contribution in [3.63, 3.8) is 0 Å². The zero-order chi connectivity index (χ0) is 26.0. The molecule has 0 bridgehead atoms. The van der Waals surface area contributed by atoms with Gasteiger partial charge < -0.3 is 5.32 Å². The predicted octanol–water partition coefficient (Wildman–Crippen LogP) is 6.96. The summed E-state index contributed by atoms with van der Waals surface area (Å²) in [6, 6.07) is 13.6. The molecule has 2 aliphatic heterocycles. The monoisotopic (exact) mass is 558 g/mol. The molecule has 2 aromatic carbocycles. The van der Waals surface area contributed by atoms with Crippen molar-refractivity contribution in [3.05, 3.63) is 98.5 Å². The molecule has 0 unspecified atom stereocenters. The Bertz CT molecular complexity index is 1320. The average Bonchev–Trinajstić information content (AvgIpc) is 3.18. The quantitative estimate of drug-likeness (QED) is 0.344. The fourth-order valence-corrected chi connectivity index (χ4v) is 5.69. The summed E-state index contributed by atoms with van der Waals surface area (Å²) < 4.78 is 13.1. The minimum atomic E-state index is -0.235. The van der Waals surface area contributed by atoms with Gasteiger partial charge in [0.15, 0.2) is 0 Å². The van der Waals surface area contributed by atoms with Gasteiger partial charge in [-0.1, -0.05) is 59.1 Å². The number of hydrogen-bond acceptors (Lipinski definition) is 3. The van der Waals surface area contributed by atoms with Crippen molar-refractivity contribution in [2.45, 2.75) is 24.8 Å². The fourth-order valence-electron chi connectivity index (χ4n) is 5.17. The molecule has 5 rings (SSSR count). The summed E-state index contributed by atoms with van der Waals surface area (Å²) in [5.41, 5.74) is 3.55. The van der Waals surface area contributed by atoms with Crippen LogP contribution in [0, 0.1) is 5.82 Å². The summed E-state index contributed by atoms with van der Waals surface area (Å²) in [7, 11) is 0. The second kappa shape index (κ2) is 11.0. The third kappa shape index (κ3) is 5.78. The third-order valence-corrected chi connectivity index (χ3v) is 8.13. The molecule has 37 heavy (non-hydrogen) atoms. The first-order valence-corrected chi connectivity index (χ1v) is 13.3. The molecule has 0 aliphatic carbocycles. The number of nitrogens with one attached hydrogen (secondary N) is 1. The first-order valence-electron chi connectivity index (χ1n) is 12.1. The zero-order valence-electron chi connectivity index (χ0n) is 20.1. The van der Waals surface area contributed by atoms with Crippen molar-refractivity contribution >= 4 is 52.6 Å². The molecule has 1 fully saturated rings. The van der Waals surface area contributed by atoms with Crippen molar-refractivity contribution < 1.29 is 9.18 Å². The van der Waals surface area contributed by atoms with Crippen molar-refractivity contribution in [1.29, 1.82) is 0 Å². The Balaban J connectivity index is 1.27. The lowest BCUT2D eigenvalue weighted by molar-refractivity contribution is 0.180. The molecule has 9 heteroatoms. The highest BCUT2D eigenvalue weighted by molar-refractivity contribution is 6.42. The maximum Gasteiger partial charge on any atom is 0.322 e. The van der Waals surface area contributed by atoms with E-state index in [9.17, 15) is 9.18 Å². The SMILES string of the molecule is O=C(NCc1ccnc(Cl)c1)N1CC2(CCN(CC=Cc3ccc(F)cc3)CC2)c2cc(Cl)c(Cl)cc21. The number of piperidine rings is 1. The molecule has 3 heterocycles. The first-order chi connectivity index (χ1) is 17.8. The second-order valence-electron chi connectivity index (χ2n) is 9.55. The van der Waals surface area contributed by atoms with Crippen LogP contribution in [0.25, 0.3) is 6.08 Å². The number of fused-ring (bicyclic) bond motifs is 2. The number of halogens is 4. The minimum absolute atomic E-state index is 0.182. The maximum absolute atomic E-state index is 13.3. The van der Waals surface area contributed by atoms with E-state index in [1.165, 1.54) is 12.1 Å². The molecule has 3 aromatic rings. The highest BCUT2D eigenvalue weighted by Gasteiger charge is 2.46. The number of likely N-dealkylation sites (tertiary alicyclic amines) is 1. The van der Waals surface area contributed by atoms with E-state index in [1.807, 2.05) is 18.2 Å². The normalized spacial score (nSPS) is 16.9. The van der Waals surface area contributed by atoms with E-state index in [-0.39, 0.29) is 17.3 Å². The Kier molecular flexibility index (Phi) is 7.72. The topological polar surface area (TPSA) is 48.5 Å². The van der Waals surface area contributed by atoms with Crippen LogP contribution in [0.3, 0.4) is 0 Å². The number of benzene rings is 2. The summed E-state index contributed by atoms with van der Waals surface area (Å²) in [5, 5.41) is 4.32. The molecule has 2 aliphatic rings. The van der Waals surface area contributed by atoms with E-state index in [4.69, 9.17) is 34.8 Å². The number of nitrogens with zero attached hydrogens (tertiary/aromatic N) is 3. The molecular weight excluding hydrogens is 534 g/mol. The summed E-state index contributed by atoms with van der Waals surface area (Å²) in [6.45, 7) is 3.49. The van der Waals surface area contributed by atoms with Gasteiger partial charge in [0.2, 0.25) is 0 Å². The van der Waals surface area contributed by atoms with E-state index in [2.05, 4.69) is 21.3 Å². The molecule has 1 spiro atoms. The molecule has 5 nitrogen and oxygen atoms in total. The van der Waals surface area contributed by atoms with E-state index >= 15 is 0 Å². The Labute approximate surface area is 230 Å². The number of pyridine rings is 1. The van der Waals surface area contributed by atoms with Crippen LogP contribution >= 0.6 is 34.8 Å². The standard InChI is InChI=1S/C28H26Cl3FN4O/c29-23-15-22-25(16-24(23)30)36(27(37)34-17-20-7-10-33-26(31)14-20)18-28(22)8-12-35(13-9-28)11-1-2-19-3-5-21(32)6-4-19/h1-7,10,14-16H,8-9,11-13,17-18H2,(H,34,37). The van der Waals surface area contributed by atoms with Crippen LogP contribution in [0.1, 0.15) is 29.5 Å². The smallest absolute Gasteiger partial charge is 0.322 e. The fraction of sp³-hybridized carbons (Fsp3) is 0.286. The number of carbonyl (C=O) groups excluding carboxylic acids is 1. The molecular formula is C28H26Cl3FN4O. The summed E-state index contributed by atoms with van der Waals surface area (Å²) in [5.74, 6) is -0.235. The van der Waals surface area contributed by atoms with Crippen molar-refractivity contribution in [3.8, 4) is 0 Å². The number of anilines is 1. The minimum Gasteiger partial charge on any atom is -0.334 e. The Morgan fingerprint density at radius 2 is 1.78 bits per heavy atom. The number of amides is 2. The second-order valence-corrected chi connectivity index (χ2v) is 10.8. The molecule has 1 aromatic heterocycles. The highest BCUT2D eigenvalue weighted by Crippen LogP contribution is 2.49. The number of urea groups is 1. The van der Waals surface area contributed by atoms with Gasteiger partial charge in [-0.3, -0.25) is 9.80 Å². The lowest BCUT2D eigenvalue weighted by Gasteiger charge is -2.39. The Hall–Kier alpha value is -2.64. The largest absolute Gasteiger partial charge is 0.334 e. The predicted molar refractivity (Wildman–Crippen MR) is 148 cm³/mol. The zero-order valence-corrected chi connectivity index (χ0v) is 22.3. The average molecular weight is 560 g/mol. The van der Waals surface area contributed by atoms with Gasteiger partial charge in [0, 0.05) is 31.2 Å². The molecule has 0 saturated carbocycles. The Morgan fingerprint density at radius 3 is 2.51 bits per heavy atom. The lowest BCUT2D eigenvalue weighted by atomic mass is 9.74. The number of aromatic nitrogens is 1. The van der Waals surface area contributed by atoms with Crippen LogP contribution in [-0.4, -0.2) is 42.1 Å². The van der Waals surface area contributed by atoms with Crippen LogP contribution in [0.15, 0.2) is 60.8 Å². The van der Waals surface area contributed by atoms with Gasteiger partial charge in [0.1, 0.15) is 11.0 Å². The van der Waals surface area contributed by atoms with Gasteiger partial charge in [-0.2, -0.15) is 0 Å². The third-order valence-electron chi connectivity index (χ3n) is 7.20. The molecule has 1 saturated heterocycles. The van der Waals surface area contributed by atoms with Crippen LogP contribution in [-0.2, 0) is 12.0 Å². The first kappa shape index (κ1) is 26.0. The van der Waals surface area contributed by atoms with Gasteiger partial charge in [0.25, 0.3) is 0 Å². The van der Waals surface area contributed by atoms with E-state index in [0.29, 0.717) is 28.3 Å². The molecule has 192 valence electrons. The van der Waals surface area contributed by atoms with Gasteiger partial charge in [-0.25, -0.2) is 14.2 Å². The van der Waals surface area contributed by atoms with Crippen LogP contribution in [0.5, 0.6) is 0 Å². The number of hydrogen-bond donors (Lipinski definition) is 1. The van der Waals surface area contributed by atoms with Gasteiger partial charge in [-0.05, 0) is 79.0 Å². The Morgan fingerprint density at radius 1 is 1.05 bits per heavy atom. The maximum atomic E-state index is 13.3. The van der Waals surface area contributed by atoms with Crippen molar-refractivity contribution in [1.82, 2.24) is 15.2 Å². The molecule has 0 radical (unpaired) electrons. The van der Waals surface area contributed by atoms with Gasteiger partial charge >= 0.3 is 6.03 Å². The van der Waals surface area contributed by atoms with Gasteiger partial charge in [0.05, 0.1) is 15.7 Å². The molecule has 0 atom stereocenters. The van der Waals surface area contributed by atoms with E-state index in [0.717, 1.165) is 54.9 Å². The van der Waals surface area contributed by atoms with Crippen LogP contribution in [0.4, 0.5) is 14.9 Å². The van der Waals surface area contributed by atoms with Crippen molar-refractivity contribution in [2.75, 3.05) is 31.1 Å². The summed E-state index contributed by atoms with van der Waals surface area (Å²) in [6.07, 6.45) is 7.53. The highest BCUT2D eigenvalue weighted by atomic mass is 35.5. The number of rotatable bonds is 5. The van der Waals surface area contributed by atoms with Gasteiger partial charge in [-0.15, -0.1) is 0 Å². The van der Waals surface area contributed by atoms with E-state index in [1.54, 1.807) is 35.4 Å². The van der Waals surface area contributed by atoms with Crippen LogP contribution < -0.4 is 10.2 Å². The number of carbonyl (C=O) groups is 1. The van der Waals surface area contributed by atoms with Crippen molar-refractivity contribution in [2.24, 2.45) is 0 Å². The lowest BCUT2D eigenvalue weighted by Crippen LogP contribution is -2.47. The summed E-state index contributed by atoms with van der Waals surface area (Å²) >= 11 is 18.8.